The molecular weight excluding hydrogens is 268 g/mol. The fraction of sp³-hybridized carbons (Fsp3) is 0.385. The predicted octanol–water partition coefficient (Wildman–Crippen LogP) is 1.83. The van der Waals surface area contributed by atoms with Crippen LogP contribution in [0, 0.1) is 0 Å². The van der Waals surface area contributed by atoms with Gasteiger partial charge in [-0.2, -0.15) is 0 Å². The number of hydrogen-bond donors (Lipinski definition) is 2. The van der Waals surface area contributed by atoms with Gasteiger partial charge < -0.3 is 15.4 Å². The Morgan fingerprint density at radius 2 is 2.25 bits per heavy atom. The van der Waals surface area contributed by atoms with Crippen LogP contribution < -0.4 is 15.4 Å². The first-order chi connectivity index (χ1) is 9.40. The molecule has 0 saturated heterocycles. The maximum absolute atomic E-state index is 12.5. The lowest BCUT2D eigenvalue weighted by Gasteiger charge is -2.07. The van der Waals surface area contributed by atoms with Crippen LogP contribution in [0.25, 0.3) is 0 Å². The summed E-state index contributed by atoms with van der Waals surface area (Å²) >= 11 is 0. The molecule has 0 radical (unpaired) electrons. The first kappa shape index (κ1) is 15.9. The molecule has 0 aliphatic heterocycles. The van der Waals surface area contributed by atoms with Crippen LogP contribution in [0.15, 0.2) is 30.5 Å². The van der Waals surface area contributed by atoms with E-state index in [1.54, 1.807) is 25.4 Å². The van der Waals surface area contributed by atoms with Gasteiger partial charge in [0.15, 0.2) is 0 Å². The van der Waals surface area contributed by atoms with Crippen LogP contribution in [-0.4, -0.2) is 37.0 Å². The van der Waals surface area contributed by atoms with Gasteiger partial charge in [-0.25, -0.2) is 13.8 Å². The number of halogens is 2. The lowest BCUT2D eigenvalue weighted by Crippen LogP contribution is -2.27. The molecule has 0 aromatic carbocycles. The Kier molecular flexibility index (Phi) is 5.89. The molecule has 1 heterocycles. The second kappa shape index (κ2) is 7.42. The Balaban J connectivity index is 2.28. The third-order valence-corrected chi connectivity index (χ3v) is 2.22. The van der Waals surface area contributed by atoms with Crippen molar-refractivity contribution < 1.29 is 18.3 Å². The molecule has 110 valence electrons. The minimum absolute atomic E-state index is 0.289. The molecule has 2 N–H and O–H groups in total. The van der Waals surface area contributed by atoms with Crippen LogP contribution in [0.1, 0.15) is 6.92 Å². The third-order valence-electron chi connectivity index (χ3n) is 2.22. The highest BCUT2D eigenvalue weighted by Crippen LogP contribution is 2.13. The largest absolute Gasteiger partial charge is 0.497 e. The first-order valence-corrected chi connectivity index (χ1v) is 5.99. The number of carbonyl (C=O) groups is 1. The second-order valence-electron chi connectivity index (χ2n) is 4.09. The van der Waals surface area contributed by atoms with Crippen LogP contribution >= 0.6 is 0 Å². The summed E-state index contributed by atoms with van der Waals surface area (Å²) in [6.45, 7) is 1.42. The van der Waals surface area contributed by atoms with E-state index in [9.17, 15) is 13.6 Å². The van der Waals surface area contributed by atoms with Gasteiger partial charge in [-0.05, 0) is 12.1 Å². The fourth-order valence-corrected chi connectivity index (χ4v) is 1.29. The lowest BCUT2D eigenvalue weighted by molar-refractivity contribution is -0.116. The highest BCUT2D eigenvalue weighted by atomic mass is 19.3. The molecule has 1 aromatic heterocycles. The summed E-state index contributed by atoms with van der Waals surface area (Å²) in [5.41, 5.74) is 0. The van der Waals surface area contributed by atoms with Gasteiger partial charge in [0, 0.05) is 38.4 Å². The lowest BCUT2D eigenvalue weighted by atomic mass is 10.3. The van der Waals surface area contributed by atoms with Crippen molar-refractivity contribution in [2.75, 3.05) is 25.5 Å². The average Bonchev–Trinajstić information content (AvgIpc) is 2.41. The molecule has 0 aliphatic rings. The Labute approximate surface area is 116 Å². The van der Waals surface area contributed by atoms with E-state index < -0.39 is 11.8 Å². The summed E-state index contributed by atoms with van der Waals surface area (Å²) in [7, 11) is 1.55. The van der Waals surface area contributed by atoms with Crippen LogP contribution in [-0.2, 0) is 4.79 Å². The van der Waals surface area contributed by atoms with Gasteiger partial charge in [0.1, 0.15) is 11.6 Å². The number of nitrogens with zero attached hydrogens (tertiary/aromatic N) is 1. The van der Waals surface area contributed by atoms with Gasteiger partial charge in [-0.15, -0.1) is 0 Å². The zero-order valence-electron chi connectivity index (χ0n) is 11.3. The van der Waals surface area contributed by atoms with E-state index in [0.717, 1.165) is 6.08 Å². The van der Waals surface area contributed by atoms with Crippen molar-refractivity contribution in [1.82, 2.24) is 10.3 Å². The number of ether oxygens (including phenoxy) is 1. The van der Waals surface area contributed by atoms with Crippen molar-refractivity contribution in [2.24, 2.45) is 0 Å². The van der Waals surface area contributed by atoms with Crippen LogP contribution in [0.4, 0.5) is 14.6 Å². The normalized spacial score (nSPS) is 11.4. The first-order valence-electron chi connectivity index (χ1n) is 5.99. The van der Waals surface area contributed by atoms with Gasteiger partial charge in [0.25, 0.3) is 5.92 Å². The van der Waals surface area contributed by atoms with E-state index in [-0.39, 0.29) is 6.54 Å². The number of nitrogens with one attached hydrogen (secondary N) is 2. The van der Waals surface area contributed by atoms with Crippen molar-refractivity contribution >= 4 is 11.7 Å². The SMILES string of the molecule is COc1ccnc(NCCNC(=O)/C=C/C(C)(F)F)c1. The quantitative estimate of drug-likeness (QED) is 0.592. The molecule has 1 amide bonds. The molecule has 20 heavy (non-hydrogen) atoms. The number of amides is 1. The van der Waals surface area contributed by atoms with Crippen molar-refractivity contribution in [3.8, 4) is 5.75 Å². The zero-order valence-corrected chi connectivity index (χ0v) is 11.3. The Morgan fingerprint density at radius 1 is 1.50 bits per heavy atom. The summed E-state index contributed by atoms with van der Waals surface area (Å²) in [6, 6.07) is 3.42. The molecule has 1 rings (SSSR count). The van der Waals surface area contributed by atoms with Gasteiger partial charge in [-0.1, -0.05) is 0 Å². The van der Waals surface area contributed by atoms with E-state index in [0.29, 0.717) is 31.1 Å². The van der Waals surface area contributed by atoms with Crippen LogP contribution in [0.3, 0.4) is 0 Å². The molecule has 0 bridgehead atoms. The maximum Gasteiger partial charge on any atom is 0.264 e. The number of alkyl halides is 2. The molecule has 0 saturated carbocycles. The molecule has 0 spiro atoms. The molecular formula is C13H17F2N3O2. The van der Waals surface area contributed by atoms with Crippen molar-refractivity contribution in [3.63, 3.8) is 0 Å². The Hall–Kier alpha value is -2.18. The summed E-state index contributed by atoms with van der Waals surface area (Å²) in [5.74, 6) is -2.28. The molecule has 0 unspecified atom stereocenters. The van der Waals surface area contributed by atoms with Crippen molar-refractivity contribution in [1.29, 1.82) is 0 Å². The average molecular weight is 285 g/mol. The molecule has 1 aromatic rings. The van der Waals surface area contributed by atoms with E-state index in [4.69, 9.17) is 4.74 Å². The third kappa shape index (κ3) is 6.67. The number of rotatable bonds is 7. The highest BCUT2D eigenvalue weighted by Gasteiger charge is 2.15. The highest BCUT2D eigenvalue weighted by molar-refractivity contribution is 5.87. The number of anilines is 1. The number of methoxy groups -OCH3 is 1. The number of carbonyl (C=O) groups excluding carboxylic acids is 1. The fourth-order valence-electron chi connectivity index (χ4n) is 1.29. The molecule has 0 fully saturated rings. The van der Waals surface area contributed by atoms with E-state index in [2.05, 4.69) is 15.6 Å². The minimum Gasteiger partial charge on any atom is -0.497 e. The number of allylic oxidation sites excluding steroid dienone is 1. The smallest absolute Gasteiger partial charge is 0.264 e. The zero-order chi connectivity index (χ0) is 15.0. The molecule has 0 atom stereocenters. The maximum atomic E-state index is 12.5. The Bertz CT molecular complexity index is 473. The standard InChI is InChI=1S/C13H17F2N3O2/c1-13(14,15)5-3-12(19)18-8-7-17-11-9-10(20-2)4-6-16-11/h3-6,9H,7-8H2,1-2H3,(H,16,17)(H,18,19)/b5-3+. The van der Waals surface area contributed by atoms with Gasteiger partial charge in [-0.3, -0.25) is 4.79 Å². The summed E-state index contributed by atoms with van der Waals surface area (Å²) in [6.07, 6.45) is 2.97. The van der Waals surface area contributed by atoms with Crippen LogP contribution in [0.5, 0.6) is 5.75 Å². The van der Waals surface area contributed by atoms with Crippen LogP contribution in [0.2, 0.25) is 0 Å². The molecule has 7 heteroatoms. The summed E-state index contributed by atoms with van der Waals surface area (Å²) < 4.78 is 30.0. The van der Waals surface area contributed by atoms with Gasteiger partial charge in [0.05, 0.1) is 7.11 Å². The topological polar surface area (TPSA) is 63.2 Å². The Morgan fingerprint density at radius 3 is 2.90 bits per heavy atom. The van der Waals surface area contributed by atoms with Gasteiger partial charge in [0.2, 0.25) is 5.91 Å². The molecule has 5 nitrogen and oxygen atoms in total. The monoisotopic (exact) mass is 285 g/mol. The minimum atomic E-state index is -2.99. The number of pyridine rings is 1. The van der Waals surface area contributed by atoms with Gasteiger partial charge >= 0.3 is 0 Å². The van der Waals surface area contributed by atoms with Crippen molar-refractivity contribution in [3.05, 3.63) is 30.5 Å². The second-order valence-corrected chi connectivity index (χ2v) is 4.09. The van der Waals surface area contributed by atoms with E-state index in [1.807, 2.05) is 0 Å². The predicted molar refractivity (Wildman–Crippen MR) is 72.0 cm³/mol. The van der Waals surface area contributed by atoms with Crippen molar-refractivity contribution in [2.45, 2.75) is 12.8 Å². The van der Waals surface area contributed by atoms with E-state index in [1.165, 1.54) is 0 Å². The summed E-state index contributed by atoms with van der Waals surface area (Å²) in [4.78, 5) is 15.3. The molecule has 0 aliphatic carbocycles. The summed E-state index contributed by atoms with van der Waals surface area (Å²) in [5, 5.41) is 5.44. The number of aromatic nitrogens is 1. The number of hydrogen-bond acceptors (Lipinski definition) is 4. The van der Waals surface area contributed by atoms with E-state index >= 15 is 0 Å².